The average molecular weight is 414 g/mol. The molecule has 4 rings (SSSR count). The van der Waals surface area contributed by atoms with Crippen LogP contribution in [0.3, 0.4) is 0 Å². The number of carbonyl (C=O) groups is 1. The fraction of sp³-hybridized carbons (Fsp3) is 0.105. The summed E-state index contributed by atoms with van der Waals surface area (Å²) < 4.78 is 31.2. The number of nitrogens with zero attached hydrogens (tertiary/aromatic N) is 2. The minimum absolute atomic E-state index is 0.159. The Labute approximate surface area is 163 Å². The standard InChI is InChI=1S/C19H14N2O5S2/c1-21-14-8-7-11(28(2,24)25)9-16(14)27-19(21)20-18(23)13-10-26-15-6-4-3-5-12(15)17(13)22/h3-10H,1-2H3. The first-order valence-electron chi connectivity index (χ1n) is 8.15. The van der Waals surface area contributed by atoms with Gasteiger partial charge in [0.15, 0.2) is 14.6 Å². The SMILES string of the molecule is Cn1c(=NC(=O)c2coc3ccccc3c2=O)sc2cc(S(C)(=O)=O)ccc21. The van der Waals surface area contributed by atoms with E-state index in [0.29, 0.717) is 20.5 Å². The van der Waals surface area contributed by atoms with E-state index < -0.39 is 21.2 Å². The smallest absolute Gasteiger partial charge is 0.286 e. The van der Waals surface area contributed by atoms with Crippen molar-refractivity contribution in [1.82, 2.24) is 4.57 Å². The number of fused-ring (bicyclic) bond motifs is 2. The number of para-hydroxylation sites is 1. The van der Waals surface area contributed by atoms with Crippen LogP contribution >= 0.6 is 11.3 Å². The van der Waals surface area contributed by atoms with E-state index in [1.165, 1.54) is 17.4 Å². The number of sulfone groups is 1. The van der Waals surface area contributed by atoms with Gasteiger partial charge >= 0.3 is 0 Å². The second-order valence-corrected chi connectivity index (χ2v) is 9.26. The fourth-order valence-electron chi connectivity index (χ4n) is 2.82. The van der Waals surface area contributed by atoms with Gasteiger partial charge in [-0.15, -0.1) is 0 Å². The molecular formula is C19H14N2O5S2. The molecule has 0 bridgehead atoms. The maximum Gasteiger partial charge on any atom is 0.286 e. The van der Waals surface area contributed by atoms with E-state index in [0.717, 1.165) is 18.0 Å². The topological polar surface area (TPSA) is 98.7 Å². The van der Waals surface area contributed by atoms with Gasteiger partial charge in [-0.25, -0.2) is 8.42 Å². The highest BCUT2D eigenvalue weighted by Crippen LogP contribution is 2.21. The number of carbonyl (C=O) groups excluding carboxylic acids is 1. The van der Waals surface area contributed by atoms with E-state index in [1.807, 2.05) is 0 Å². The van der Waals surface area contributed by atoms with Crippen molar-refractivity contribution in [2.24, 2.45) is 12.0 Å². The van der Waals surface area contributed by atoms with Gasteiger partial charge < -0.3 is 8.98 Å². The molecule has 0 aliphatic carbocycles. The summed E-state index contributed by atoms with van der Waals surface area (Å²) in [6, 6.07) is 11.4. The van der Waals surface area contributed by atoms with Crippen LogP contribution in [0.4, 0.5) is 0 Å². The van der Waals surface area contributed by atoms with Crippen molar-refractivity contribution in [2.45, 2.75) is 4.90 Å². The molecule has 4 aromatic rings. The largest absolute Gasteiger partial charge is 0.463 e. The van der Waals surface area contributed by atoms with Crippen molar-refractivity contribution in [3.8, 4) is 0 Å². The van der Waals surface area contributed by atoms with Crippen molar-refractivity contribution < 1.29 is 17.6 Å². The summed E-state index contributed by atoms with van der Waals surface area (Å²) in [6.45, 7) is 0. The fourth-order valence-corrected chi connectivity index (χ4v) is 4.60. The molecule has 7 nitrogen and oxygen atoms in total. The van der Waals surface area contributed by atoms with Crippen LogP contribution < -0.4 is 10.2 Å². The zero-order chi connectivity index (χ0) is 20.1. The van der Waals surface area contributed by atoms with Crippen LogP contribution in [0, 0.1) is 0 Å². The molecule has 28 heavy (non-hydrogen) atoms. The van der Waals surface area contributed by atoms with Gasteiger partial charge in [0, 0.05) is 13.3 Å². The predicted molar refractivity (Wildman–Crippen MR) is 106 cm³/mol. The third-order valence-corrected chi connectivity index (χ3v) is 6.52. The molecule has 0 aliphatic rings. The van der Waals surface area contributed by atoms with Crippen LogP contribution in [0.1, 0.15) is 10.4 Å². The molecule has 0 N–H and O–H groups in total. The molecule has 0 fully saturated rings. The molecule has 2 heterocycles. The van der Waals surface area contributed by atoms with Crippen molar-refractivity contribution in [1.29, 1.82) is 0 Å². The van der Waals surface area contributed by atoms with Gasteiger partial charge in [0.2, 0.25) is 5.43 Å². The second-order valence-electron chi connectivity index (χ2n) is 6.24. The molecule has 0 aliphatic heterocycles. The van der Waals surface area contributed by atoms with E-state index in [2.05, 4.69) is 4.99 Å². The molecule has 0 atom stereocenters. The van der Waals surface area contributed by atoms with E-state index >= 15 is 0 Å². The monoisotopic (exact) mass is 414 g/mol. The normalized spacial score (nSPS) is 12.7. The van der Waals surface area contributed by atoms with Crippen LogP contribution in [0.2, 0.25) is 0 Å². The summed E-state index contributed by atoms with van der Waals surface area (Å²) in [5.74, 6) is -0.718. The zero-order valence-corrected chi connectivity index (χ0v) is 16.5. The van der Waals surface area contributed by atoms with Crippen LogP contribution in [0.5, 0.6) is 0 Å². The Bertz CT molecular complexity index is 1490. The Balaban J connectivity index is 1.86. The minimum atomic E-state index is -3.34. The van der Waals surface area contributed by atoms with Crippen LogP contribution in [-0.4, -0.2) is 25.1 Å². The molecule has 1 amide bonds. The summed E-state index contributed by atoms with van der Waals surface area (Å²) in [7, 11) is -1.63. The molecule has 0 saturated carbocycles. The quantitative estimate of drug-likeness (QED) is 0.502. The highest BCUT2D eigenvalue weighted by atomic mass is 32.2. The minimum Gasteiger partial charge on any atom is -0.463 e. The molecule has 0 spiro atoms. The number of aromatic nitrogens is 1. The average Bonchev–Trinajstić information content (AvgIpc) is 2.96. The number of thiazole rings is 1. The molecule has 9 heteroatoms. The van der Waals surface area contributed by atoms with E-state index in [4.69, 9.17) is 4.42 Å². The lowest BCUT2D eigenvalue weighted by Crippen LogP contribution is -2.18. The summed E-state index contributed by atoms with van der Waals surface area (Å²) in [5, 5.41) is 0.307. The maximum atomic E-state index is 12.6. The molecular weight excluding hydrogens is 400 g/mol. The van der Waals surface area contributed by atoms with Gasteiger partial charge in [0.1, 0.15) is 17.4 Å². The van der Waals surface area contributed by atoms with Gasteiger partial charge in [-0.05, 0) is 30.3 Å². The van der Waals surface area contributed by atoms with Gasteiger partial charge in [-0.1, -0.05) is 23.5 Å². The number of rotatable bonds is 2. The number of amides is 1. The van der Waals surface area contributed by atoms with E-state index in [-0.39, 0.29) is 10.5 Å². The Hall–Kier alpha value is -3.04. The Morgan fingerprint density at radius 3 is 2.68 bits per heavy atom. The van der Waals surface area contributed by atoms with Crippen molar-refractivity contribution in [3.63, 3.8) is 0 Å². The maximum absolute atomic E-state index is 12.6. The molecule has 0 unspecified atom stereocenters. The summed E-state index contributed by atoms with van der Waals surface area (Å²) >= 11 is 1.17. The predicted octanol–water partition coefficient (Wildman–Crippen LogP) is 2.49. The first kappa shape index (κ1) is 18.3. The van der Waals surface area contributed by atoms with Gasteiger partial charge in [-0.2, -0.15) is 4.99 Å². The van der Waals surface area contributed by atoms with E-state index in [9.17, 15) is 18.0 Å². The lowest BCUT2D eigenvalue weighted by molar-refractivity contribution is 0.0995. The Kier molecular flexibility index (Phi) is 4.28. The Morgan fingerprint density at radius 1 is 1.18 bits per heavy atom. The van der Waals surface area contributed by atoms with Crippen LogP contribution in [-0.2, 0) is 16.9 Å². The summed E-state index contributed by atoms with van der Waals surface area (Å²) in [5.41, 5.74) is 0.519. The Morgan fingerprint density at radius 2 is 1.93 bits per heavy atom. The summed E-state index contributed by atoms with van der Waals surface area (Å²) in [6.07, 6.45) is 2.25. The van der Waals surface area contributed by atoms with Gasteiger partial charge in [-0.3, -0.25) is 9.59 Å². The zero-order valence-electron chi connectivity index (χ0n) is 14.9. The van der Waals surface area contributed by atoms with Gasteiger partial charge in [0.25, 0.3) is 5.91 Å². The number of aryl methyl sites for hydroxylation is 1. The van der Waals surface area contributed by atoms with Crippen molar-refractivity contribution in [2.75, 3.05) is 6.26 Å². The first-order valence-corrected chi connectivity index (χ1v) is 10.9. The van der Waals surface area contributed by atoms with Crippen LogP contribution in [0.15, 0.2) is 67.8 Å². The van der Waals surface area contributed by atoms with Crippen LogP contribution in [0.25, 0.3) is 21.2 Å². The number of hydrogen-bond acceptors (Lipinski definition) is 6. The van der Waals surface area contributed by atoms with Crippen molar-refractivity contribution in [3.05, 3.63) is 69.3 Å². The molecule has 0 saturated heterocycles. The number of hydrogen-bond donors (Lipinski definition) is 0. The summed E-state index contributed by atoms with van der Waals surface area (Å²) in [4.78, 5) is 29.8. The third kappa shape index (κ3) is 3.08. The molecule has 0 radical (unpaired) electrons. The molecule has 2 aromatic heterocycles. The third-order valence-electron chi connectivity index (χ3n) is 4.32. The van der Waals surface area contributed by atoms with E-state index in [1.54, 1.807) is 48.0 Å². The lowest BCUT2D eigenvalue weighted by Gasteiger charge is -1.99. The van der Waals surface area contributed by atoms with Gasteiger partial charge in [0.05, 0.1) is 20.5 Å². The number of benzene rings is 2. The highest BCUT2D eigenvalue weighted by Gasteiger charge is 2.15. The second kappa shape index (κ2) is 6.54. The molecule has 142 valence electrons. The highest BCUT2D eigenvalue weighted by molar-refractivity contribution is 7.90. The first-order chi connectivity index (χ1) is 13.3. The van der Waals surface area contributed by atoms with Crippen molar-refractivity contribution >= 4 is 48.3 Å². The lowest BCUT2D eigenvalue weighted by atomic mass is 10.2. The molecule has 2 aromatic carbocycles.